The molecule has 4 saturated carbocycles. The summed E-state index contributed by atoms with van der Waals surface area (Å²) in [7, 11) is 0. The number of nitrogens with one attached hydrogen (secondary N) is 2. The summed E-state index contributed by atoms with van der Waals surface area (Å²) in [5.41, 5.74) is 5.12. The smallest absolute Gasteiger partial charge is 0.301 e. The zero-order valence-electron chi connectivity index (χ0n) is 27.7. The lowest BCUT2D eigenvalue weighted by atomic mass is 9.43. The van der Waals surface area contributed by atoms with Crippen LogP contribution in [0, 0.1) is 46.3 Å². The van der Waals surface area contributed by atoms with E-state index < -0.39 is 17.0 Å². The fraction of sp³-hybridized carbons (Fsp3) is 1.00. The number of fused-ring (bicyclic) bond motifs is 5. The van der Waals surface area contributed by atoms with Crippen LogP contribution in [0.1, 0.15) is 118 Å². The molecule has 0 aliphatic heterocycles. The molecule has 252 valence electrons. The Hall–Kier alpha value is -0.130. The van der Waals surface area contributed by atoms with Gasteiger partial charge >= 0.3 is 11.4 Å². The van der Waals surface area contributed by atoms with Crippen LogP contribution >= 0.6 is 0 Å². The molecule has 12 atom stereocenters. The third kappa shape index (κ3) is 8.62. The van der Waals surface area contributed by atoms with E-state index in [1.807, 2.05) is 0 Å². The lowest BCUT2D eigenvalue weighted by Crippen LogP contribution is -2.59. The molecule has 0 amide bonds. The fourth-order valence-electron chi connectivity index (χ4n) is 10.7. The van der Waals surface area contributed by atoms with Crippen LogP contribution in [0.5, 0.6) is 0 Å². The third-order valence-corrected chi connectivity index (χ3v) is 13.4. The number of rotatable bonds is 17. The average Bonchev–Trinajstić information content (AvgIpc) is 3.31. The number of hydrogen-bond donors (Lipinski definition) is 6. The van der Waals surface area contributed by atoms with Crippen LogP contribution in [0.4, 0.5) is 0 Å². The van der Waals surface area contributed by atoms with Gasteiger partial charge in [0.1, 0.15) is 0 Å². The van der Waals surface area contributed by atoms with E-state index in [0.717, 1.165) is 64.7 Å². The zero-order chi connectivity index (χ0) is 31.3. The van der Waals surface area contributed by atoms with Gasteiger partial charge in [-0.15, -0.1) is 0 Å². The van der Waals surface area contributed by atoms with E-state index in [0.29, 0.717) is 53.4 Å². The lowest BCUT2D eigenvalue weighted by Gasteiger charge is -2.62. The first kappa shape index (κ1) is 35.7. The van der Waals surface area contributed by atoms with Gasteiger partial charge in [0.2, 0.25) is 0 Å². The molecule has 4 aliphatic rings. The van der Waals surface area contributed by atoms with Crippen molar-refractivity contribution < 1.29 is 23.2 Å². The molecule has 4 aliphatic carbocycles. The standard InChI is InChI=1S/C34H65N3O5S/c1-24(9-7-14-32(2,39)23-42-43(40)41)27-10-11-28-31-29(13-16-34(27,28)4)33(3)15-12-26(21-25(33)22-30(31)38)37-20-8-19-36-18-6-5-17-35/h24-31,36-39H,5-23,35H2,1-4H3,(H,40,41)/t24?,25-,26+,27-,28?,29?,30?,31?,32?,33+,34-/m1/s1. The second kappa shape index (κ2) is 15.6. The van der Waals surface area contributed by atoms with E-state index in [1.54, 1.807) is 6.92 Å². The summed E-state index contributed by atoms with van der Waals surface area (Å²) in [6.45, 7) is 13.1. The molecule has 0 aromatic carbocycles. The van der Waals surface area contributed by atoms with Crippen LogP contribution in [0.2, 0.25) is 0 Å². The lowest BCUT2D eigenvalue weighted by molar-refractivity contribution is -0.167. The van der Waals surface area contributed by atoms with Crippen molar-refractivity contribution in [2.45, 2.75) is 135 Å². The van der Waals surface area contributed by atoms with Gasteiger partial charge in [0.15, 0.2) is 0 Å². The van der Waals surface area contributed by atoms with E-state index >= 15 is 0 Å². The molecule has 0 bridgehead atoms. The van der Waals surface area contributed by atoms with Crippen molar-refractivity contribution in [1.82, 2.24) is 10.6 Å². The van der Waals surface area contributed by atoms with Crippen LogP contribution in [0.25, 0.3) is 0 Å². The Bertz CT molecular complexity index is 894. The normalized spacial score (nSPS) is 40.2. The zero-order valence-corrected chi connectivity index (χ0v) is 28.5. The molecule has 7 N–H and O–H groups in total. The van der Waals surface area contributed by atoms with Crippen LogP contribution in [-0.4, -0.2) is 69.5 Å². The number of aliphatic hydroxyl groups is 2. The van der Waals surface area contributed by atoms with Crippen molar-refractivity contribution in [2.75, 3.05) is 32.8 Å². The molecule has 0 aromatic heterocycles. The SMILES string of the molecule is CC(CCCC(C)(O)COS(=O)O)[C@H]1CCC2C3C(O)C[C@H]4C[C@@H](NCCCNCCCCN)CC[C@]4(C)C3CC[C@@]21C. The Balaban J connectivity index is 1.28. The monoisotopic (exact) mass is 627 g/mol. The van der Waals surface area contributed by atoms with Crippen LogP contribution in [-0.2, 0) is 15.5 Å². The van der Waals surface area contributed by atoms with Gasteiger partial charge in [-0.25, -0.2) is 0 Å². The molecular weight excluding hydrogens is 562 g/mol. The Labute approximate surface area is 264 Å². The minimum atomic E-state index is -2.35. The van der Waals surface area contributed by atoms with E-state index in [4.69, 9.17) is 14.5 Å². The summed E-state index contributed by atoms with van der Waals surface area (Å²) in [5.74, 6) is 3.50. The molecule has 8 nitrogen and oxygen atoms in total. The molecule has 0 saturated heterocycles. The van der Waals surface area contributed by atoms with Crippen LogP contribution in [0.3, 0.4) is 0 Å². The summed E-state index contributed by atoms with van der Waals surface area (Å²) in [5, 5.41) is 29.7. The molecule has 4 fully saturated rings. The topological polar surface area (TPSA) is 137 Å². The summed E-state index contributed by atoms with van der Waals surface area (Å²) in [4.78, 5) is 0. The Morgan fingerprint density at radius 3 is 2.47 bits per heavy atom. The number of nitrogens with two attached hydrogens (primary N) is 1. The Morgan fingerprint density at radius 2 is 1.72 bits per heavy atom. The van der Waals surface area contributed by atoms with Gasteiger partial charge in [-0.1, -0.05) is 33.6 Å². The Morgan fingerprint density at radius 1 is 1.00 bits per heavy atom. The molecule has 7 unspecified atom stereocenters. The number of aliphatic hydroxyl groups excluding tert-OH is 1. The first-order valence-electron chi connectivity index (χ1n) is 17.7. The molecule has 43 heavy (non-hydrogen) atoms. The summed E-state index contributed by atoms with van der Waals surface area (Å²) in [6, 6.07) is 0.586. The minimum absolute atomic E-state index is 0.126. The van der Waals surface area contributed by atoms with E-state index in [9.17, 15) is 14.4 Å². The summed E-state index contributed by atoms with van der Waals surface area (Å²) < 4.78 is 24.5. The van der Waals surface area contributed by atoms with Crippen LogP contribution in [0.15, 0.2) is 0 Å². The largest absolute Gasteiger partial charge is 0.393 e. The van der Waals surface area contributed by atoms with Gasteiger partial charge in [-0.05, 0) is 156 Å². The molecule has 4 rings (SSSR count). The second-order valence-corrected chi connectivity index (χ2v) is 16.6. The number of hydrogen-bond acceptors (Lipinski definition) is 7. The minimum Gasteiger partial charge on any atom is -0.393 e. The first-order chi connectivity index (χ1) is 20.4. The third-order valence-electron chi connectivity index (χ3n) is 13.1. The molecule has 0 spiro atoms. The molecule has 9 heteroatoms. The second-order valence-electron chi connectivity index (χ2n) is 15.9. The quantitative estimate of drug-likeness (QED) is 0.0979. The van der Waals surface area contributed by atoms with Crippen molar-refractivity contribution >= 4 is 11.4 Å². The number of unbranched alkanes of at least 4 members (excludes halogenated alkanes) is 1. The highest BCUT2D eigenvalue weighted by Gasteiger charge is 2.62. The van der Waals surface area contributed by atoms with Crippen molar-refractivity contribution in [3.05, 3.63) is 0 Å². The Kier molecular flexibility index (Phi) is 13.0. The van der Waals surface area contributed by atoms with Crippen molar-refractivity contribution in [1.29, 1.82) is 0 Å². The predicted molar refractivity (Wildman–Crippen MR) is 175 cm³/mol. The summed E-state index contributed by atoms with van der Waals surface area (Å²) >= 11 is -2.35. The predicted octanol–water partition coefficient (Wildman–Crippen LogP) is 5.00. The van der Waals surface area contributed by atoms with E-state index in [1.165, 1.54) is 44.9 Å². The highest BCUT2D eigenvalue weighted by molar-refractivity contribution is 7.74. The maximum atomic E-state index is 11.8. The van der Waals surface area contributed by atoms with Crippen molar-refractivity contribution in [3.8, 4) is 0 Å². The van der Waals surface area contributed by atoms with Crippen molar-refractivity contribution in [2.24, 2.45) is 52.1 Å². The fourth-order valence-corrected chi connectivity index (χ4v) is 11.0. The molecule has 0 heterocycles. The van der Waals surface area contributed by atoms with Gasteiger partial charge in [-0.3, -0.25) is 8.74 Å². The molecular formula is C34H65N3O5S. The molecule has 0 radical (unpaired) electrons. The first-order valence-corrected chi connectivity index (χ1v) is 18.7. The average molecular weight is 628 g/mol. The van der Waals surface area contributed by atoms with Gasteiger partial charge in [0.05, 0.1) is 18.3 Å². The van der Waals surface area contributed by atoms with E-state index in [-0.39, 0.29) is 18.1 Å². The maximum Gasteiger partial charge on any atom is 0.301 e. The van der Waals surface area contributed by atoms with Gasteiger partial charge < -0.3 is 26.6 Å². The highest BCUT2D eigenvalue weighted by atomic mass is 32.2. The van der Waals surface area contributed by atoms with Crippen molar-refractivity contribution in [3.63, 3.8) is 0 Å². The van der Waals surface area contributed by atoms with Crippen LogP contribution < -0.4 is 16.4 Å². The van der Waals surface area contributed by atoms with Gasteiger partial charge in [0.25, 0.3) is 0 Å². The maximum absolute atomic E-state index is 11.8. The van der Waals surface area contributed by atoms with E-state index in [2.05, 4.69) is 31.4 Å². The van der Waals surface area contributed by atoms with Gasteiger partial charge in [-0.2, -0.15) is 4.21 Å². The highest BCUT2D eigenvalue weighted by Crippen LogP contribution is 2.68. The molecule has 0 aromatic rings. The summed E-state index contributed by atoms with van der Waals surface area (Å²) in [6.07, 6.45) is 15.5. The van der Waals surface area contributed by atoms with Gasteiger partial charge in [0, 0.05) is 6.04 Å².